The molecule has 55 heavy (non-hydrogen) atoms. The number of anilines is 2. The van der Waals surface area contributed by atoms with Crippen LogP contribution >= 0.6 is 0 Å². The van der Waals surface area contributed by atoms with Crippen LogP contribution in [0.2, 0.25) is 0 Å². The van der Waals surface area contributed by atoms with Gasteiger partial charge in [0.15, 0.2) is 0 Å². The lowest BCUT2D eigenvalue weighted by Crippen LogP contribution is -2.42. The molecule has 0 radical (unpaired) electrons. The number of ether oxygens (including phenoxy) is 1. The molecule has 17 heteroatoms. The number of amides is 5. The number of urea groups is 1. The number of fused-ring (bicyclic) bond motifs is 2. The average Bonchev–Trinajstić information content (AvgIpc) is 4.02. The Bertz CT molecular complexity index is 2220. The molecule has 2 aromatic heterocycles. The van der Waals surface area contributed by atoms with E-state index in [0.29, 0.717) is 70.2 Å². The lowest BCUT2D eigenvalue weighted by Gasteiger charge is -2.28. The van der Waals surface area contributed by atoms with Gasteiger partial charge in [-0.25, -0.2) is 24.5 Å². The van der Waals surface area contributed by atoms with E-state index in [1.165, 1.54) is 14.2 Å². The van der Waals surface area contributed by atoms with Crippen LogP contribution in [0, 0.1) is 0 Å². The Morgan fingerprint density at radius 1 is 0.818 bits per heavy atom. The van der Waals surface area contributed by atoms with Crippen LogP contribution in [0.5, 0.6) is 0 Å². The fraction of sp³-hybridized carbons (Fsp3) is 0.342. The topological polar surface area (TPSA) is 208 Å². The van der Waals surface area contributed by atoms with E-state index in [0.717, 1.165) is 25.7 Å². The molecule has 0 aliphatic carbocycles. The number of likely N-dealkylation sites (tertiary alicyclic amines) is 2. The molecule has 286 valence electrons. The van der Waals surface area contributed by atoms with Crippen molar-refractivity contribution in [3.05, 3.63) is 83.9 Å². The predicted octanol–water partition coefficient (Wildman–Crippen LogP) is 5.50. The van der Waals surface area contributed by atoms with E-state index in [1.54, 1.807) is 59.2 Å². The van der Waals surface area contributed by atoms with Gasteiger partial charge in [-0.1, -0.05) is 30.3 Å². The monoisotopic (exact) mass is 750 g/mol. The number of hydrogen-bond donors (Lipinski definition) is 5. The third-order valence-electron chi connectivity index (χ3n) is 9.83. The molecule has 2 aliphatic heterocycles. The van der Waals surface area contributed by atoms with Gasteiger partial charge in [-0.15, -0.1) is 0 Å². The summed E-state index contributed by atoms with van der Waals surface area (Å²) >= 11 is 0. The van der Waals surface area contributed by atoms with Crippen LogP contribution in [0.4, 0.5) is 21.0 Å². The van der Waals surface area contributed by atoms with Gasteiger partial charge in [0.25, 0.3) is 5.91 Å². The number of aromatic amines is 2. The maximum atomic E-state index is 13.9. The highest BCUT2D eigenvalue weighted by molar-refractivity contribution is 6.01. The van der Waals surface area contributed by atoms with Crippen LogP contribution in [0.1, 0.15) is 67.9 Å². The van der Waals surface area contributed by atoms with E-state index >= 15 is 0 Å². The van der Waals surface area contributed by atoms with Crippen LogP contribution in [0.3, 0.4) is 0 Å². The molecule has 0 spiro atoms. The SMILES string of the molecule is COOC=N[C@H](C)C(=O)N1CCC[C@H]1c1nc2ccc(NC(=O)Nc3ccc4nc([C@@H]5CCCN5C(=O)[C@H](NC(=O)OC)c5ccccc5)[nH]c4c3)cc2[nH]1. The second-order valence-electron chi connectivity index (χ2n) is 13.3. The molecular weight excluding hydrogens is 708 g/mol. The second-order valence-corrected chi connectivity index (χ2v) is 13.3. The van der Waals surface area contributed by atoms with Gasteiger partial charge >= 0.3 is 12.1 Å². The first-order valence-electron chi connectivity index (χ1n) is 18.0. The Labute approximate surface area is 315 Å². The molecule has 2 fully saturated rings. The Balaban J connectivity index is 1.01. The Kier molecular flexibility index (Phi) is 10.9. The summed E-state index contributed by atoms with van der Waals surface area (Å²) < 4.78 is 4.80. The molecule has 0 bridgehead atoms. The van der Waals surface area contributed by atoms with Gasteiger partial charge in [0.1, 0.15) is 23.7 Å². The van der Waals surface area contributed by atoms with Crippen molar-refractivity contribution in [2.75, 3.05) is 37.9 Å². The van der Waals surface area contributed by atoms with E-state index < -0.39 is 24.2 Å². The standard InChI is InChI=1S/C38H42N10O7/c1-22(39-21-55-54-3)35(49)47-17-7-11-30(47)33-42-26-15-13-24(19-28(26)44-33)40-37(51)41-25-14-16-27-29(20-25)45-34(43-27)31-12-8-18-48(31)36(50)32(46-38(52)53-2)23-9-5-4-6-10-23/h4-6,9-10,13-16,19-22,30-32H,7-8,11-12,17-18H2,1-3H3,(H,42,44)(H,43,45)(H,46,52)(H2,40,41,51)/t22-,30+,31+,32-/m1/s1. The molecule has 5 aromatic rings. The van der Waals surface area contributed by atoms with Gasteiger partial charge in [0.05, 0.1) is 48.4 Å². The number of hydrogen-bond acceptors (Lipinski definition) is 10. The van der Waals surface area contributed by atoms with Gasteiger partial charge in [0.2, 0.25) is 12.3 Å². The first-order chi connectivity index (χ1) is 26.7. The quantitative estimate of drug-likeness (QED) is 0.0499. The number of nitrogens with one attached hydrogen (secondary N) is 5. The first kappa shape index (κ1) is 36.9. The number of aliphatic imine (C=N–C) groups is 1. The largest absolute Gasteiger partial charge is 0.453 e. The van der Waals surface area contributed by atoms with Crippen molar-refractivity contribution < 1.29 is 33.7 Å². The zero-order valence-electron chi connectivity index (χ0n) is 30.6. The molecule has 4 heterocycles. The smallest absolute Gasteiger partial charge is 0.407 e. The predicted molar refractivity (Wildman–Crippen MR) is 203 cm³/mol. The molecule has 0 saturated carbocycles. The number of nitrogens with zero attached hydrogens (tertiary/aromatic N) is 5. The van der Waals surface area contributed by atoms with Gasteiger partial charge in [-0.2, -0.15) is 4.89 Å². The Morgan fingerprint density at radius 3 is 1.93 bits per heavy atom. The van der Waals surface area contributed by atoms with E-state index in [4.69, 9.17) is 14.7 Å². The molecule has 0 unspecified atom stereocenters. The summed E-state index contributed by atoms with van der Waals surface area (Å²) in [6.45, 7) is 2.79. The van der Waals surface area contributed by atoms with Crippen molar-refractivity contribution in [1.82, 2.24) is 35.1 Å². The van der Waals surface area contributed by atoms with Crippen LogP contribution in [0.25, 0.3) is 22.1 Å². The van der Waals surface area contributed by atoms with E-state index in [2.05, 4.69) is 40.7 Å². The highest BCUT2D eigenvalue weighted by Crippen LogP contribution is 2.35. The van der Waals surface area contributed by atoms with Gasteiger partial charge in [0, 0.05) is 24.5 Å². The molecule has 5 amide bonds. The highest BCUT2D eigenvalue weighted by atomic mass is 17.2. The summed E-state index contributed by atoms with van der Waals surface area (Å²) in [5.41, 5.74) is 4.52. The molecule has 3 aromatic carbocycles. The summed E-state index contributed by atoms with van der Waals surface area (Å²) in [6.07, 6.45) is 3.46. The summed E-state index contributed by atoms with van der Waals surface area (Å²) in [7, 11) is 2.62. The van der Waals surface area contributed by atoms with Crippen LogP contribution in [-0.2, 0) is 24.1 Å². The van der Waals surface area contributed by atoms with Crippen LogP contribution in [0.15, 0.2) is 71.7 Å². The molecule has 5 N–H and O–H groups in total. The minimum Gasteiger partial charge on any atom is -0.453 e. The molecular formula is C38H42N10O7. The maximum absolute atomic E-state index is 13.9. The number of methoxy groups -OCH3 is 1. The zero-order valence-corrected chi connectivity index (χ0v) is 30.6. The van der Waals surface area contributed by atoms with Crippen molar-refractivity contribution >= 4 is 63.8 Å². The number of carbonyl (C=O) groups excluding carboxylic acids is 4. The summed E-state index contributed by atoms with van der Waals surface area (Å²) in [5.74, 6) is 0.881. The number of rotatable bonds is 11. The summed E-state index contributed by atoms with van der Waals surface area (Å²) in [5, 5.41) is 8.43. The molecule has 2 saturated heterocycles. The van der Waals surface area contributed by atoms with Gasteiger partial charge in [-0.05, 0) is 74.6 Å². The maximum Gasteiger partial charge on any atom is 0.407 e. The van der Waals surface area contributed by atoms with E-state index in [9.17, 15) is 19.2 Å². The average molecular weight is 751 g/mol. The molecule has 2 aliphatic rings. The number of aromatic nitrogens is 4. The number of alkyl carbamates (subject to hydrolysis) is 1. The lowest BCUT2D eigenvalue weighted by molar-refractivity contribution is -0.188. The summed E-state index contributed by atoms with van der Waals surface area (Å²) in [4.78, 5) is 85.3. The third-order valence-corrected chi connectivity index (χ3v) is 9.83. The van der Waals surface area contributed by atoms with E-state index in [1.807, 2.05) is 24.3 Å². The summed E-state index contributed by atoms with van der Waals surface area (Å²) in [6, 6.07) is 17.2. The Morgan fingerprint density at radius 2 is 1.38 bits per heavy atom. The number of imidazole rings is 2. The first-order valence-corrected chi connectivity index (χ1v) is 18.0. The highest BCUT2D eigenvalue weighted by Gasteiger charge is 2.37. The van der Waals surface area contributed by atoms with Crippen molar-refractivity contribution in [2.24, 2.45) is 4.99 Å². The molecule has 17 nitrogen and oxygen atoms in total. The second kappa shape index (κ2) is 16.3. The molecule has 7 rings (SSSR count). The minimum absolute atomic E-state index is 0.139. The van der Waals surface area contributed by atoms with Gasteiger partial charge < -0.3 is 45.3 Å². The normalized spacial score (nSPS) is 18.1. The van der Waals surface area contributed by atoms with Crippen LogP contribution in [-0.4, -0.2) is 93.4 Å². The minimum atomic E-state index is -0.922. The van der Waals surface area contributed by atoms with Crippen molar-refractivity contribution in [3.63, 3.8) is 0 Å². The van der Waals surface area contributed by atoms with Crippen molar-refractivity contribution in [2.45, 2.75) is 56.8 Å². The Hall–Kier alpha value is -6.49. The zero-order chi connectivity index (χ0) is 38.5. The number of H-pyrrole nitrogens is 2. The molecule has 4 atom stereocenters. The van der Waals surface area contributed by atoms with Gasteiger partial charge in [-0.3, -0.25) is 9.59 Å². The fourth-order valence-corrected chi connectivity index (χ4v) is 7.19. The fourth-order valence-electron chi connectivity index (χ4n) is 7.19. The number of benzene rings is 3. The third kappa shape index (κ3) is 8.06. The number of carbonyl (C=O) groups is 4. The lowest BCUT2D eigenvalue weighted by atomic mass is 10.1. The van der Waals surface area contributed by atoms with Crippen LogP contribution < -0.4 is 16.0 Å². The van der Waals surface area contributed by atoms with Crippen molar-refractivity contribution in [1.29, 1.82) is 0 Å². The van der Waals surface area contributed by atoms with Crippen molar-refractivity contribution in [3.8, 4) is 0 Å². The van der Waals surface area contributed by atoms with E-state index in [-0.39, 0.29) is 23.9 Å².